The minimum absolute atomic E-state index is 0.529. The van der Waals surface area contributed by atoms with E-state index in [-0.39, 0.29) is 0 Å². The van der Waals surface area contributed by atoms with E-state index in [0.29, 0.717) is 20.9 Å². The van der Waals surface area contributed by atoms with E-state index in [1.807, 2.05) is 0 Å². The smallest absolute Gasteiger partial charge is 0.270 e. The van der Waals surface area contributed by atoms with Crippen molar-refractivity contribution in [2.24, 2.45) is 4.66 Å². The Kier molecular flexibility index (Phi) is 46.8. The minimum Gasteiger partial charge on any atom is -0.518 e. The van der Waals surface area contributed by atoms with Crippen molar-refractivity contribution in [3.8, 4) is 6.26 Å². The molecule has 0 radical (unpaired) electrons. The molecule has 0 aromatic carbocycles. The molecule has 9 heteroatoms. The maximum Gasteiger partial charge on any atom is 0.270 e. The van der Waals surface area contributed by atoms with E-state index in [2.05, 4.69) is 14.1 Å². The molecule has 0 aliphatic rings. The molecule has 0 aliphatic carbocycles. The van der Waals surface area contributed by atoms with E-state index in [9.17, 15) is 0 Å². The van der Waals surface area contributed by atoms with Gasteiger partial charge in [-0.15, -0.1) is 0 Å². The highest BCUT2D eigenvalue weighted by Gasteiger charge is 1.42. The molecule has 0 aromatic heterocycles. The summed E-state index contributed by atoms with van der Waals surface area (Å²) in [5, 5.41) is 7.44. The highest BCUT2D eigenvalue weighted by molar-refractivity contribution is 6.10. The predicted octanol–water partition coefficient (Wildman–Crippen LogP) is -4.77. The summed E-state index contributed by atoms with van der Waals surface area (Å²) in [4.78, 5) is 18.8. The van der Waals surface area contributed by atoms with Gasteiger partial charge in [-0.3, -0.25) is 4.66 Å². The van der Waals surface area contributed by atoms with E-state index in [1.165, 1.54) is 12.3 Å². The number of nitrogens with one attached hydrogen (secondary N) is 1. The lowest BCUT2D eigenvalue weighted by Crippen LogP contribution is -2.01. The van der Waals surface area contributed by atoms with Crippen LogP contribution >= 0.6 is 0 Å². The lowest BCUT2D eigenvalue weighted by molar-refractivity contribution is 0.563. The molecule has 0 aromatic rings. The average molecular weight is 221 g/mol. The first-order valence-corrected chi connectivity index (χ1v) is 5.40. The van der Waals surface area contributed by atoms with Crippen LogP contribution in [0.15, 0.2) is 4.66 Å². The van der Waals surface area contributed by atoms with Crippen LogP contribution in [-0.4, -0.2) is 48.6 Å². The fourth-order valence-electron chi connectivity index (χ4n) is 0. The van der Waals surface area contributed by atoms with Gasteiger partial charge >= 0.3 is 0 Å². The van der Waals surface area contributed by atoms with Crippen molar-refractivity contribution < 1.29 is 14.0 Å². The van der Waals surface area contributed by atoms with Crippen LogP contribution in [0, 0.1) is 11.5 Å². The van der Waals surface area contributed by atoms with Crippen molar-refractivity contribution >= 4 is 43.8 Å². The monoisotopic (exact) mass is 221 g/mol. The normalized spacial score (nSPS) is 5.25. The molecule has 0 unspecified atom stereocenters. The summed E-state index contributed by atoms with van der Waals surface area (Å²) in [6.07, 6.45) is 4.60. The summed E-state index contributed by atoms with van der Waals surface area (Å²) >= 11 is 0. The molecule has 0 spiro atoms. The fraction of sp³-hybridized carbons (Fsp3) is 0. The Morgan fingerprint density at radius 3 is 2.00 bits per heavy atom. The first-order valence-electron chi connectivity index (χ1n) is 2.68. The summed E-state index contributed by atoms with van der Waals surface area (Å²) in [5.41, 5.74) is 0. The topological polar surface area (TPSA) is 95.9 Å². The van der Waals surface area contributed by atoms with Crippen LogP contribution in [-0.2, 0) is 9.22 Å². The second-order valence-electron chi connectivity index (χ2n) is 0.972. The summed E-state index contributed by atoms with van der Waals surface area (Å²) in [5.74, 6) is 0. The molecule has 0 bridgehead atoms. The maximum atomic E-state index is 8.92. The van der Waals surface area contributed by atoms with Crippen LogP contribution in [0.4, 0.5) is 0 Å². The molecule has 1 amide bonds. The molecule has 0 saturated heterocycles. The van der Waals surface area contributed by atoms with Gasteiger partial charge in [0.05, 0.1) is 16.8 Å². The van der Waals surface area contributed by atoms with Crippen LogP contribution < -0.4 is 4.98 Å². The molecule has 12 heavy (non-hydrogen) atoms. The third-order valence-electron chi connectivity index (χ3n) is 0.294. The van der Waals surface area contributed by atoms with Crippen molar-refractivity contribution in [1.82, 2.24) is 4.98 Å². The zero-order chi connectivity index (χ0) is 10.2. The van der Waals surface area contributed by atoms with Crippen LogP contribution in [0.5, 0.6) is 0 Å². The lowest BCUT2D eigenvalue weighted by Gasteiger charge is -1.76. The van der Waals surface area contributed by atoms with Gasteiger partial charge in [0.2, 0.25) is 16.6 Å². The Labute approximate surface area is 79.6 Å². The zero-order valence-electron chi connectivity index (χ0n) is 7.16. The zero-order valence-corrected chi connectivity index (χ0v) is 13.2. The predicted molar refractivity (Wildman–Crippen MR) is 54.7 cm³/mol. The van der Waals surface area contributed by atoms with Gasteiger partial charge in [0, 0.05) is 0 Å². The van der Waals surface area contributed by atoms with E-state index in [1.54, 1.807) is 6.41 Å². The highest BCUT2D eigenvalue weighted by Crippen LogP contribution is 1.38. The highest BCUT2D eigenvalue weighted by atomic mass is 28.2. The van der Waals surface area contributed by atoms with E-state index < -0.39 is 0 Å². The fourth-order valence-corrected chi connectivity index (χ4v) is 0. The van der Waals surface area contributed by atoms with Gasteiger partial charge in [-0.1, -0.05) is 0 Å². The van der Waals surface area contributed by atoms with Crippen LogP contribution in [0.25, 0.3) is 0 Å². The van der Waals surface area contributed by atoms with Gasteiger partial charge in [-0.05, 0) is 0 Å². The Hall–Kier alpha value is -1.21. The van der Waals surface area contributed by atoms with Crippen LogP contribution in [0.3, 0.4) is 0 Å². The standard InChI is InChI=1S/CH3NOSi.CH5NOSi.CH3NOSi/c2-1-3-4;2*3-1-2-4/h4H3;2-3H,4H3;4H3. The molecule has 6 nitrogen and oxygen atoms in total. The first-order chi connectivity index (χ1) is 5.74. The number of rotatable bonds is 1. The molecule has 0 heterocycles. The van der Waals surface area contributed by atoms with E-state index in [4.69, 9.17) is 14.9 Å². The van der Waals surface area contributed by atoms with Gasteiger partial charge in [0.25, 0.3) is 6.26 Å². The minimum atomic E-state index is 0.529. The summed E-state index contributed by atoms with van der Waals surface area (Å²) < 4.78 is 7.06. The number of nitriles is 1. The molecule has 68 valence electrons. The Bertz CT molecular complexity index is 164. The lowest BCUT2D eigenvalue weighted by atomic mass is 11.5. The maximum absolute atomic E-state index is 8.92. The third-order valence-corrected chi connectivity index (χ3v) is 0.883. The molecule has 0 rings (SSSR count). The number of isocyanates is 1. The van der Waals surface area contributed by atoms with Gasteiger partial charge in [0.15, 0.2) is 10.4 Å². The Balaban J connectivity index is -0.000000101. The average Bonchev–Trinajstić information content (AvgIpc) is 2.18. The number of nitrogens with zero attached hydrogens (tertiary/aromatic N) is 2. The molecule has 0 atom stereocenters. The van der Waals surface area contributed by atoms with Crippen molar-refractivity contribution in [2.45, 2.75) is 0 Å². The summed E-state index contributed by atoms with van der Waals surface area (Å²) in [6.45, 7) is 0. The van der Waals surface area contributed by atoms with Crippen molar-refractivity contribution in [2.75, 3.05) is 0 Å². The SMILES string of the molecule is N#CO[SiH3].O=C=N[SiH3].[OH+]=[C-]N[SiH3]. The number of hydrogen-bond donors (Lipinski definition) is 1. The van der Waals surface area contributed by atoms with Gasteiger partial charge < -0.3 is 14.2 Å². The van der Waals surface area contributed by atoms with Crippen LogP contribution in [0.1, 0.15) is 0 Å². The largest absolute Gasteiger partial charge is 0.518 e. The van der Waals surface area contributed by atoms with Gasteiger partial charge in [0.1, 0.15) is 0 Å². The summed E-state index contributed by atoms with van der Waals surface area (Å²) in [6, 6.07) is 0. The van der Waals surface area contributed by atoms with Crippen molar-refractivity contribution in [3.63, 3.8) is 0 Å². The number of carbonyl (C=O) groups excluding carboxylic acids is 2. The van der Waals surface area contributed by atoms with E-state index >= 15 is 0 Å². The van der Waals surface area contributed by atoms with Gasteiger partial charge in [-0.25, -0.2) is 4.79 Å². The quantitative estimate of drug-likeness (QED) is 0.0916. The number of amides is 1. The van der Waals surface area contributed by atoms with Crippen molar-refractivity contribution in [1.29, 1.82) is 5.26 Å². The molecule has 0 saturated carbocycles. The second-order valence-corrected chi connectivity index (χ2v) is 2.33. The Morgan fingerprint density at radius 2 is 2.00 bits per heavy atom. The first kappa shape index (κ1) is 17.0. The third kappa shape index (κ3) is 166. The molecule has 2 N–H and O–H groups in total. The molecular formula is C3H11N3O3Si3. The molecular weight excluding hydrogens is 210 g/mol. The van der Waals surface area contributed by atoms with Crippen LogP contribution in [0.2, 0.25) is 0 Å². The molecule has 0 aliphatic heterocycles. The van der Waals surface area contributed by atoms with E-state index in [0.717, 1.165) is 10.4 Å². The van der Waals surface area contributed by atoms with Gasteiger partial charge in [-0.2, -0.15) is 5.26 Å². The summed E-state index contributed by atoms with van der Waals surface area (Å²) in [7, 11) is 1.90. The number of hydrogen-bond acceptors (Lipinski definition) is 4. The second kappa shape index (κ2) is 33.0. The Morgan fingerprint density at radius 1 is 1.75 bits per heavy atom. The molecule has 0 fully saturated rings. The van der Waals surface area contributed by atoms with Crippen molar-refractivity contribution in [3.05, 3.63) is 0 Å².